The van der Waals surface area contributed by atoms with Crippen molar-refractivity contribution in [2.75, 3.05) is 11.4 Å². The van der Waals surface area contributed by atoms with Gasteiger partial charge in [0.2, 0.25) is 0 Å². The smallest absolute Gasteiger partial charge is 0.0432 e. The molecule has 0 amide bonds. The minimum atomic E-state index is 0.449. The van der Waals surface area contributed by atoms with Crippen LogP contribution in [0, 0.1) is 6.92 Å². The van der Waals surface area contributed by atoms with Crippen LogP contribution >= 0.6 is 0 Å². The minimum Gasteiger partial charge on any atom is -0.365 e. The van der Waals surface area contributed by atoms with Crippen molar-refractivity contribution in [2.45, 2.75) is 39.8 Å². The summed E-state index contributed by atoms with van der Waals surface area (Å²) in [4.78, 5) is 2.46. The van der Waals surface area contributed by atoms with Crippen LogP contribution in [-0.4, -0.2) is 12.6 Å². The molecule has 2 aromatic rings. The molecule has 0 atom stereocenters. The molecule has 0 saturated heterocycles. The second kappa shape index (κ2) is 7.28. The maximum Gasteiger partial charge on any atom is 0.0432 e. The predicted molar refractivity (Wildman–Crippen MR) is 91.7 cm³/mol. The monoisotopic (exact) mass is 282 g/mol. The lowest BCUT2D eigenvalue weighted by atomic mass is 10.0. The van der Waals surface area contributed by atoms with Crippen molar-refractivity contribution in [3.8, 4) is 0 Å². The average molecular weight is 282 g/mol. The number of nitrogens with zero attached hydrogens (tertiary/aromatic N) is 1. The molecule has 2 N–H and O–H groups in total. The van der Waals surface area contributed by atoms with E-state index in [9.17, 15) is 0 Å². The summed E-state index contributed by atoms with van der Waals surface area (Å²) in [6.07, 6.45) is 0.926. The Morgan fingerprint density at radius 1 is 1.05 bits per heavy atom. The molecule has 0 aliphatic heterocycles. The molecule has 0 aliphatic carbocycles. The van der Waals surface area contributed by atoms with Gasteiger partial charge in [-0.25, -0.2) is 0 Å². The molecule has 2 heteroatoms. The third-order valence-electron chi connectivity index (χ3n) is 3.78. The normalized spacial score (nSPS) is 10.9. The van der Waals surface area contributed by atoms with Gasteiger partial charge in [-0.15, -0.1) is 0 Å². The number of hydrogen-bond donors (Lipinski definition) is 1. The van der Waals surface area contributed by atoms with E-state index < -0.39 is 0 Å². The molecule has 2 nitrogen and oxygen atoms in total. The van der Waals surface area contributed by atoms with Crippen molar-refractivity contribution >= 4 is 5.69 Å². The highest BCUT2D eigenvalue weighted by molar-refractivity contribution is 5.56. The minimum absolute atomic E-state index is 0.449. The molecule has 0 aromatic heterocycles. The van der Waals surface area contributed by atoms with Crippen LogP contribution in [-0.2, 0) is 13.0 Å². The van der Waals surface area contributed by atoms with E-state index in [1.807, 2.05) is 0 Å². The second-order valence-corrected chi connectivity index (χ2v) is 5.88. The lowest BCUT2D eigenvalue weighted by molar-refractivity contribution is 0.678. The zero-order chi connectivity index (χ0) is 15.2. The Bertz CT molecular complexity index is 561. The molecule has 0 heterocycles. The van der Waals surface area contributed by atoms with Gasteiger partial charge in [-0.1, -0.05) is 48.0 Å². The molecule has 0 aliphatic rings. The van der Waals surface area contributed by atoms with Crippen molar-refractivity contribution in [3.63, 3.8) is 0 Å². The molecule has 0 saturated carbocycles. The first kappa shape index (κ1) is 15.6. The van der Waals surface area contributed by atoms with E-state index in [4.69, 9.17) is 5.73 Å². The third kappa shape index (κ3) is 4.08. The zero-order valence-corrected chi connectivity index (χ0v) is 13.3. The van der Waals surface area contributed by atoms with Crippen LogP contribution < -0.4 is 10.6 Å². The highest BCUT2D eigenvalue weighted by Gasteiger charge is 2.14. The summed E-state index contributed by atoms with van der Waals surface area (Å²) >= 11 is 0. The van der Waals surface area contributed by atoms with Crippen LogP contribution in [0.4, 0.5) is 5.69 Å². The van der Waals surface area contributed by atoms with Gasteiger partial charge in [-0.05, 0) is 50.9 Å². The number of hydrogen-bond acceptors (Lipinski definition) is 2. The van der Waals surface area contributed by atoms with E-state index in [1.54, 1.807) is 0 Å². The Morgan fingerprint density at radius 3 is 2.38 bits per heavy atom. The molecule has 2 rings (SSSR count). The Hall–Kier alpha value is -1.80. The average Bonchev–Trinajstić information content (AvgIpc) is 2.47. The number of nitrogens with two attached hydrogens (primary N) is 1. The van der Waals surface area contributed by atoms with E-state index in [0.29, 0.717) is 12.6 Å². The van der Waals surface area contributed by atoms with Gasteiger partial charge in [0.05, 0.1) is 0 Å². The lowest BCUT2D eigenvalue weighted by Gasteiger charge is -2.31. The van der Waals surface area contributed by atoms with Gasteiger partial charge in [0.15, 0.2) is 0 Å². The molecular formula is C19H26N2. The fourth-order valence-electron chi connectivity index (χ4n) is 2.68. The van der Waals surface area contributed by atoms with Crippen molar-refractivity contribution in [1.82, 2.24) is 0 Å². The number of aryl methyl sites for hydroxylation is 1. The van der Waals surface area contributed by atoms with Gasteiger partial charge in [0, 0.05) is 18.3 Å². The van der Waals surface area contributed by atoms with Crippen LogP contribution in [0.15, 0.2) is 48.5 Å². The first-order valence-electron chi connectivity index (χ1n) is 7.72. The summed E-state index contributed by atoms with van der Waals surface area (Å²) < 4.78 is 0. The van der Waals surface area contributed by atoms with Crippen LogP contribution in [0.25, 0.3) is 0 Å². The van der Waals surface area contributed by atoms with Crippen molar-refractivity contribution in [2.24, 2.45) is 5.73 Å². The first-order valence-corrected chi connectivity index (χ1v) is 7.72. The molecule has 0 bridgehead atoms. The summed E-state index contributed by atoms with van der Waals surface area (Å²) in [7, 11) is 0. The maximum absolute atomic E-state index is 5.79. The van der Waals surface area contributed by atoms with Gasteiger partial charge in [0.25, 0.3) is 0 Å². The van der Waals surface area contributed by atoms with E-state index in [0.717, 1.165) is 13.0 Å². The standard InChI is InChI=1S/C19H26N2/c1-15(2)21(14-17-7-5-4-6-8-17)19-10-9-16(3)13-18(19)11-12-20/h4-10,13,15H,11-12,14,20H2,1-3H3. The fourth-order valence-corrected chi connectivity index (χ4v) is 2.68. The summed E-state index contributed by atoms with van der Waals surface area (Å²) in [5.74, 6) is 0. The van der Waals surface area contributed by atoms with Crippen molar-refractivity contribution < 1.29 is 0 Å². The molecule has 0 fully saturated rings. The largest absolute Gasteiger partial charge is 0.365 e. The highest BCUT2D eigenvalue weighted by atomic mass is 15.2. The Kier molecular flexibility index (Phi) is 5.40. The van der Waals surface area contributed by atoms with Gasteiger partial charge < -0.3 is 10.6 Å². The molecule has 112 valence electrons. The topological polar surface area (TPSA) is 29.3 Å². The summed E-state index contributed by atoms with van der Waals surface area (Å²) in [6, 6.07) is 17.8. The van der Waals surface area contributed by atoms with Crippen LogP contribution in [0.3, 0.4) is 0 Å². The fraction of sp³-hybridized carbons (Fsp3) is 0.368. The molecule has 21 heavy (non-hydrogen) atoms. The molecule has 0 radical (unpaired) electrons. The molecular weight excluding hydrogens is 256 g/mol. The quantitative estimate of drug-likeness (QED) is 0.870. The van der Waals surface area contributed by atoms with E-state index in [2.05, 4.69) is 74.2 Å². The maximum atomic E-state index is 5.79. The second-order valence-electron chi connectivity index (χ2n) is 5.88. The van der Waals surface area contributed by atoms with Gasteiger partial charge in [-0.2, -0.15) is 0 Å². The SMILES string of the molecule is Cc1ccc(N(Cc2ccccc2)C(C)C)c(CCN)c1. The van der Waals surface area contributed by atoms with Crippen LogP contribution in [0.5, 0.6) is 0 Å². The van der Waals surface area contributed by atoms with Crippen molar-refractivity contribution in [1.29, 1.82) is 0 Å². The summed E-state index contributed by atoms with van der Waals surface area (Å²) in [5, 5.41) is 0. The summed E-state index contributed by atoms with van der Waals surface area (Å²) in [6.45, 7) is 8.25. The van der Waals surface area contributed by atoms with Crippen LogP contribution in [0.2, 0.25) is 0 Å². The zero-order valence-electron chi connectivity index (χ0n) is 13.3. The van der Waals surface area contributed by atoms with Crippen LogP contribution in [0.1, 0.15) is 30.5 Å². The van der Waals surface area contributed by atoms with Gasteiger partial charge in [0.1, 0.15) is 0 Å². The summed E-state index contributed by atoms with van der Waals surface area (Å²) in [5.41, 5.74) is 11.1. The number of benzene rings is 2. The lowest BCUT2D eigenvalue weighted by Crippen LogP contribution is -2.31. The molecule has 0 unspecified atom stereocenters. The number of anilines is 1. The van der Waals surface area contributed by atoms with Gasteiger partial charge >= 0.3 is 0 Å². The third-order valence-corrected chi connectivity index (χ3v) is 3.78. The molecule has 0 spiro atoms. The van der Waals surface area contributed by atoms with E-state index >= 15 is 0 Å². The predicted octanol–water partition coefficient (Wildman–Crippen LogP) is 3.91. The Morgan fingerprint density at radius 2 is 1.76 bits per heavy atom. The van der Waals surface area contributed by atoms with Crippen molar-refractivity contribution in [3.05, 3.63) is 65.2 Å². The Balaban J connectivity index is 2.34. The highest BCUT2D eigenvalue weighted by Crippen LogP contribution is 2.26. The van der Waals surface area contributed by atoms with E-state index in [1.165, 1.54) is 22.4 Å². The Labute approximate surface area is 128 Å². The van der Waals surface area contributed by atoms with Gasteiger partial charge in [-0.3, -0.25) is 0 Å². The first-order chi connectivity index (χ1) is 10.1. The van der Waals surface area contributed by atoms with E-state index in [-0.39, 0.29) is 0 Å². The number of rotatable bonds is 6. The molecule has 2 aromatic carbocycles.